The smallest absolute Gasteiger partial charge is 0.219 e. The highest BCUT2D eigenvalue weighted by Crippen LogP contribution is 2.13. The molecule has 4 heteroatoms. The van der Waals surface area contributed by atoms with Gasteiger partial charge in [-0.15, -0.1) is 0 Å². The van der Waals surface area contributed by atoms with Gasteiger partial charge in [0.15, 0.2) is 0 Å². The molecule has 0 spiro atoms. The zero-order chi connectivity index (χ0) is 9.07. The van der Waals surface area contributed by atoms with E-state index in [4.69, 9.17) is 16.2 Å². The molecule has 11 heavy (non-hydrogen) atoms. The maximum Gasteiger partial charge on any atom is 0.219 e. The summed E-state index contributed by atoms with van der Waals surface area (Å²) in [5.41, 5.74) is 10.1. The van der Waals surface area contributed by atoms with Crippen LogP contribution in [0.25, 0.3) is 0 Å². The molecule has 0 aliphatic carbocycles. The van der Waals surface area contributed by atoms with Crippen LogP contribution in [0.15, 0.2) is 0 Å². The number of amides is 1. The number of carbonyl (C=O) groups excluding carboxylic acids is 1. The predicted octanol–water partition coefficient (Wildman–Crippen LogP) is -0.386. The predicted molar refractivity (Wildman–Crippen MR) is 42.9 cm³/mol. The number of ether oxygens (including phenoxy) is 1. The second-order valence-corrected chi connectivity index (χ2v) is 3.08. The van der Waals surface area contributed by atoms with Crippen molar-refractivity contribution in [1.29, 1.82) is 0 Å². The number of methoxy groups -OCH3 is 1. The maximum atomic E-state index is 10.5. The number of nitrogens with two attached hydrogens (primary N) is 2. The Bertz CT molecular complexity index is 145. The average molecular weight is 160 g/mol. The molecule has 1 unspecified atom stereocenters. The Morgan fingerprint density at radius 3 is 2.36 bits per heavy atom. The van der Waals surface area contributed by atoms with Crippen LogP contribution in [0, 0.1) is 0 Å². The number of hydrogen-bond donors (Lipinski definition) is 2. The summed E-state index contributed by atoms with van der Waals surface area (Å²) < 4.78 is 5.07. The minimum atomic E-state index is -0.491. The topological polar surface area (TPSA) is 78.3 Å². The molecule has 4 N–H and O–H groups in total. The van der Waals surface area contributed by atoms with Gasteiger partial charge in [0.2, 0.25) is 5.91 Å². The van der Waals surface area contributed by atoms with Crippen molar-refractivity contribution in [3.8, 4) is 0 Å². The van der Waals surface area contributed by atoms with Crippen molar-refractivity contribution in [3.05, 3.63) is 0 Å². The van der Waals surface area contributed by atoms with E-state index in [0.29, 0.717) is 0 Å². The average Bonchev–Trinajstić information content (AvgIpc) is 1.86. The lowest BCUT2D eigenvalue weighted by molar-refractivity contribution is -0.120. The van der Waals surface area contributed by atoms with Crippen molar-refractivity contribution in [3.63, 3.8) is 0 Å². The molecule has 0 aromatic heterocycles. The molecule has 0 rings (SSSR count). The van der Waals surface area contributed by atoms with Crippen molar-refractivity contribution < 1.29 is 9.53 Å². The van der Waals surface area contributed by atoms with Crippen LogP contribution in [-0.2, 0) is 9.53 Å². The second kappa shape index (κ2) is 3.69. The van der Waals surface area contributed by atoms with E-state index in [2.05, 4.69) is 0 Å². The highest BCUT2D eigenvalue weighted by Gasteiger charge is 2.26. The molecule has 0 saturated carbocycles. The van der Waals surface area contributed by atoms with E-state index in [-0.39, 0.29) is 12.5 Å². The van der Waals surface area contributed by atoms with Crippen molar-refractivity contribution in [2.45, 2.75) is 31.9 Å². The molecule has 4 nitrogen and oxygen atoms in total. The molecule has 1 atom stereocenters. The molecule has 0 aliphatic rings. The van der Waals surface area contributed by atoms with Gasteiger partial charge in [0, 0.05) is 19.6 Å². The molecule has 0 radical (unpaired) electrons. The summed E-state index contributed by atoms with van der Waals surface area (Å²) in [7, 11) is 1.56. The first-order valence-corrected chi connectivity index (χ1v) is 3.49. The number of carbonyl (C=O) groups is 1. The van der Waals surface area contributed by atoms with Crippen molar-refractivity contribution in [1.82, 2.24) is 0 Å². The van der Waals surface area contributed by atoms with E-state index in [1.807, 2.05) is 13.8 Å². The van der Waals surface area contributed by atoms with Gasteiger partial charge in [-0.2, -0.15) is 0 Å². The molecule has 66 valence electrons. The molecule has 0 fully saturated rings. The summed E-state index contributed by atoms with van der Waals surface area (Å²) in [5, 5.41) is 0. The number of hydrogen-bond acceptors (Lipinski definition) is 3. The van der Waals surface area contributed by atoms with E-state index in [0.717, 1.165) is 0 Å². The summed E-state index contributed by atoms with van der Waals surface area (Å²) in [6, 6.07) is -0.343. The SMILES string of the molecule is COC(C)(C)C(N)CC(N)=O. The quantitative estimate of drug-likeness (QED) is 0.588. The van der Waals surface area contributed by atoms with Crippen molar-refractivity contribution >= 4 is 5.91 Å². The minimum absolute atomic E-state index is 0.154. The van der Waals surface area contributed by atoms with Crippen LogP contribution in [0.3, 0.4) is 0 Å². The zero-order valence-electron chi connectivity index (χ0n) is 7.26. The van der Waals surface area contributed by atoms with Crippen LogP contribution in [0.1, 0.15) is 20.3 Å². The molecule has 0 aromatic carbocycles. The van der Waals surface area contributed by atoms with E-state index in [1.165, 1.54) is 0 Å². The summed E-state index contributed by atoms with van der Waals surface area (Å²) in [4.78, 5) is 10.5. The van der Waals surface area contributed by atoms with Gasteiger partial charge in [0.25, 0.3) is 0 Å². The van der Waals surface area contributed by atoms with Crippen LogP contribution in [0.2, 0.25) is 0 Å². The first-order chi connectivity index (χ1) is 4.90. The fraction of sp³-hybridized carbons (Fsp3) is 0.857. The van der Waals surface area contributed by atoms with Gasteiger partial charge in [-0.05, 0) is 13.8 Å². The van der Waals surface area contributed by atoms with E-state index >= 15 is 0 Å². The summed E-state index contributed by atoms with van der Waals surface area (Å²) in [5.74, 6) is -0.400. The van der Waals surface area contributed by atoms with Gasteiger partial charge in [0.1, 0.15) is 0 Å². The fourth-order valence-electron chi connectivity index (χ4n) is 0.614. The highest BCUT2D eigenvalue weighted by molar-refractivity contribution is 5.74. The Morgan fingerprint density at radius 1 is 1.64 bits per heavy atom. The molecule has 0 aliphatic heterocycles. The van der Waals surface area contributed by atoms with Gasteiger partial charge in [-0.3, -0.25) is 4.79 Å². The lowest BCUT2D eigenvalue weighted by atomic mass is 9.96. The van der Waals surface area contributed by atoms with E-state index in [1.54, 1.807) is 7.11 Å². The third-order valence-electron chi connectivity index (χ3n) is 1.84. The zero-order valence-corrected chi connectivity index (χ0v) is 7.26. The molecular formula is C7H16N2O2. The van der Waals surface area contributed by atoms with Crippen LogP contribution in [0.5, 0.6) is 0 Å². The van der Waals surface area contributed by atoms with Crippen LogP contribution >= 0.6 is 0 Å². The molecule has 0 aromatic rings. The Balaban J connectivity index is 4.01. The van der Waals surface area contributed by atoms with E-state index < -0.39 is 11.5 Å². The second-order valence-electron chi connectivity index (χ2n) is 3.08. The third kappa shape index (κ3) is 3.34. The first kappa shape index (κ1) is 10.4. The van der Waals surface area contributed by atoms with Crippen LogP contribution < -0.4 is 11.5 Å². The normalized spacial score (nSPS) is 14.5. The van der Waals surface area contributed by atoms with Gasteiger partial charge in [0.05, 0.1) is 5.60 Å². The molecule has 1 amide bonds. The highest BCUT2D eigenvalue weighted by atomic mass is 16.5. The van der Waals surface area contributed by atoms with Crippen molar-refractivity contribution in [2.75, 3.05) is 7.11 Å². The Hall–Kier alpha value is -0.610. The first-order valence-electron chi connectivity index (χ1n) is 3.49. The summed E-state index contributed by atoms with van der Waals surface area (Å²) >= 11 is 0. The Kier molecular flexibility index (Phi) is 3.48. The largest absolute Gasteiger partial charge is 0.377 e. The van der Waals surface area contributed by atoms with Gasteiger partial charge in [-0.1, -0.05) is 0 Å². The Labute approximate surface area is 66.9 Å². The number of rotatable bonds is 4. The van der Waals surface area contributed by atoms with Crippen LogP contribution in [0.4, 0.5) is 0 Å². The maximum absolute atomic E-state index is 10.5. The third-order valence-corrected chi connectivity index (χ3v) is 1.84. The monoisotopic (exact) mass is 160 g/mol. The van der Waals surface area contributed by atoms with Gasteiger partial charge >= 0.3 is 0 Å². The standard InChI is InChI=1S/C7H16N2O2/c1-7(2,11-3)5(8)4-6(9)10/h5H,4,8H2,1-3H3,(H2,9,10). The van der Waals surface area contributed by atoms with Gasteiger partial charge in [-0.25, -0.2) is 0 Å². The molecule has 0 bridgehead atoms. The van der Waals surface area contributed by atoms with E-state index in [9.17, 15) is 4.79 Å². The number of primary amides is 1. The Morgan fingerprint density at radius 2 is 2.09 bits per heavy atom. The minimum Gasteiger partial charge on any atom is -0.377 e. The lowest BCUT2D eigenvalue weighted by Gasteiger charge is -2.29. The summed E-state index contributed by atoms with van der Waals surface area (Å²) in [6.07, 6.45) is 0.154. The fourth-order valence-corrected chi connectivity index (χ4v) is 0.614. The molecule has 0 heterocycles. The van der Waals surface area contributed by atoms with Gasteiger partial charge < -0.3 is 16.2 Å². The van der Waals surface area contributed by atoms with Crippen LogP contribution in [-0.4, -0.2) is 24.7 Å². The molecular weight excluding hydrogens is 144 g/mol. The van der Waals surface area contributed by atoms with Crippen molar-refractivity contribution in [2.24, 2.45) is 11.5 Å². The molecule has 0 saturated heterocycles. The summed E-state index contributed by atoms with van der Waals surface area (Å²) in [6.45, 7) is 3.64. The lowest BCUT2D eigenvalue weighted by Crippen LogP contribution is -2.46.